The summed E-state index contributed by atoms with van der Waals surface area (Å²) in [5.41, 5.74) is 6.29. The van der Waals surface area contributed by atoms with Crippen molar-refractivity contribution >= 4 is 11.7 Å². The Balaban J connectivity index is 2.31. The molecule has 0 saturated carbocycles. The molecule has 0 amide bonds. The summed E-state index contributed by atoms with van der Waals surface area (Å²) >= 11 is 0. The van der Waals surface area contributed by atoms with Crippen molar-refractivity contribution in [2.75, 3.05) is 18.0 Å². The molecular weight excluding hydrogens is 202 g/mol. The second-order valence-electron chi connectivity index (χ2n) is 4.98. The lowest BCUT2D eigenvalue weighted by Gasteiger charge is -2.21. The average molecular weight is 219 g/mol. The van der Waals surface area contributed by atoms with Crippen LogP contribution in [0.2, 0.25) is 0 Å². The number of nitrogens with zero attached hydrogens (tertiary/aromatic N) is 3. The third-order valence-corrected chi connectivity index (χ3v) is 2.91. The molecule has 5 heteroatoms. The molecule has 2 heterocycles. The molecule has 0 spiro atoms. The summed E-state index contributed by atoms with van der Waals surface area (Å²) in [7, 11) is 0. The van der Waals surface area contributed by atoms with E-state index < -0.39 is 0 Å². The molecule has 0 aromatic carbocycles. The Hall–Kier alpha value is -1.65. The normalized spacial score (nSPS) is 18.8. The van der Waals surface area contributed by atoms with Gasteiger partial charge in [-0.15, -0.1) is 0 Å². The topological polar surface area (TPSA) is 78.9 Å². The largest absolute Gasteiger partial charge is 0.382 e. The van der Waals surface area contributed by atoms with Crippen molar-refractivity contribution in [2.45, 2.75) is 20.3 Å². The maximum absolute atomic E-state index is 7.49. The fourth-order valence-electron chi connectivity index (χ4n) is 2.05. The van der Waals surface area contributed by atoms with Crippen LogP contribution in [0.15, 0.2) is 12.4 Å². The second kappa shape index (κ2) is 3.73. The van der Waals surface area contributed by atoms with Gasteiger partial charge in [0.2, 0.25) is 0 Å². The van der Waals surface area contributed by atoms with Gasteiger partial charge in [0, 0.05) is 25.5 Å². The maximum Gasteiger partial charge on any atom is 0.158 e. The number of anilines is 1. The molecule has 1 aliphatic rings. The summed E-state index contributed by atoms with van der Waals surface area (Å²) in [6.07, 6.45) is 4.34. The summed E-state index contributed by atoms with van der Waals surface area (Å²) in [5, 5.41) is 7.49. The van der Waals surface area contributed by atoms with Gasteiger partial charge in [-0.05, 0) is 11.8 Å². The minimum absolute atomic E-state index is 0.0205. The van der Waals surface area contributed by atoms with Gasteiger partial charge in [-0.25, -0.2) is 9.97 Å². The fraction of sp³-hybridized carbons (Fsp3) is 0.545. The number of nitrogens with two attached hydrogens (primary N) is 1. The third kappa shape index (κ3) is 1.98. The molecule has 0 aliphatic carbocycles. The Morgan fingerprint density at radius 2 is 2.12 bits per heavy atom. The molecule has 1 aromatic rings. The van der Waals surface area contributed by atoms with Crippen LogP contribution >= 0.6 is 0 Å². The van der Waals surface area contributed by atoms with Crippen LogP contribution < -0.4 is 10.6 Å². The molecule has 0 unspecified atom stereocenters. The Morgan fingerprint density at radius 3 is 2.69 bits per heavy atom. The van der Waals surface area contributed by atoms with E-state index in [1.165, 1.54) is 0 Å². The Kier molecular flexibility index (Phi) is 2.53. The van der Waals surface area contributed by atoms with Crippen molar-refractivity contribution < 1.29 is 0 Å². The molecular formula is C11H17N5. The van der Waals surface area contributed by atoms with Crippen molar-refractivity contribution in [3.05, 3.63) is 18.1 Å². The van der Waals surface area contributed by atoms with Gasteiger partial charge in [0.05, 0.1) is 0 Å². The highest BCUT2D eigenvalue weighted by atomic mass is 15.2. The molecule has 3 N–H and O–H groups in total. The van der Waals surface area contributed by atoms with E-state index >= 15 is 0 Å². The van der Waals surface area contributed by atoms with E-state index in [4.69, 9.17) is 11.1 Å². The van der Waals surface area contributed by atoms with E-state index in [0.29, 0.717) is 11.1 Å². The third-order valence-electron chi connectivity index (χ3n) is 2.91. The van der Waals surface area contributed by atoms with E-state index in [1.54, 1.807) is 12.4 Å². The van der Waals surface area contributed by atoms with Crippen molar-refractivity contribution in [1.82, 2.24) is 9.97 Å². The van der Waals surface area contributed by atoms with Gasteiger partial charge in [-0.2, -0.15) is 0 Å². The van der Waals surface area contributed by atoms with E-state index in [9.17, 15) is 0 Å². The Bertz CT molecular complexity index is 413. The van der Waals surface area contributed by atoms with Crippen molar-refractivity contribution in [3.8, 4) is 0 Å². The highest BCUT2D eigenvalue weighted by Crippen LogP contribution is 2.32. The number of aromatic nitrogens is 2. The molecule has 2 rings (SSSR count). The molecule has 1 aromatic heterocycles. The molecule has 16 heavy (non-hydrogen) atoms. The first-order valence-electron chi connectivity index (χ1n) is 5.40. The number of rotatable bonds is 2. The minimum atomic E-state index is -0.0205. The van der Waals surface area contributed by atoms with Gasteiger partial charge in [-0.3, -0.25) is 5.41 Å². The molecule has 1 fully saturated rings. The number of nitrogen functional groups attached to an aromatic ring is 1. The molecule has 1 saturated heterocycles. The van der Waals surface area contributed by atoms with Crippen LogP contribution in [-0.2, 0) is 0 Å². The predicted octanol–water partition coefficient (Wildman–Crippen LogP) is 0.997. The second-order valence-corrected chi connectivity index (χ2v) is 4.98. The Labute approximate surface area is 95.2 Å². The molecule has 0 bridgehead atoms. The summed E-state index contributed by atoms with van der Waals surface area (Å²) in [6, 6.07) is 0. The molecule has 1 aliphatic heterocycles. The summed E-state index contributed by atoms with van der Waals surface area (Å²) in [6.45, 7) is 6.35. The summed E-state index contributed by atoms with van der Waals surface area (Å²) in [5.74, 6) is 0.716. The SMILES string of the molecule is CC1(C)CCN(c2nccnc2C(=N)N)C1. The first kappa shape index (κ1) is 10.9. The van der Waals surface area contributed by atoms with Gasteiger partial charge in [-0.1, -0.05) is 13.8 Å². The number of nitrogens with one attached hydrogen (secondary N) is 1. The van der Waals surface area contributed by atoms with Crippen LogP contribution in [0, 0.1) is 10.8 Å². The van der Waals surface area contributed by atoms with Crippen LogP contribution in [0.3, 0.4) is 0 Å². The molecule has 0 radical (unpaired) electrons. The van der Waals surface area contributed by atoms with Crippen LogP contribution in [-0.4, -0.2) is 28.9 Å². The van der Waals surface area contributed by atoms with Crippen molar-refractivity contribution in [2.24, 2.45) is 11.1 Å². The van der Waals surface area contributed by atoms with E-state index in [1.807, 2.05) is 0 Å². The molecule has 5 nitrogen and oxygen atoms in total. The minimum Gasteiger partial charge on any atom is -0.382 e. The number of hydrogen-bond donors (Lipinski definition) is 2. The maximum atomic E-state index is 7.49. The Morgan fingerprint density at radius 1 is 1.44 bits per heavy atom. The first-order valence-corrected chi connectivity index (χ1v) is 5.40. The fourth-order valence-corrected chi connectivity index (χ4v) is 2.05. The zero-order valence-electron chi connectivity index (χ0n) is 9.70. The van der Waals surface area contributed by atoms with Crippen LogP contribution in [0.25, 0.3) is 0 Å². The van der Waals surface area contributed by atoms with Gasteiger partial charge in [0.1, 0.15) is 11.5 Å². The van der Waals surface area contributed by atoms with Crippen molar-refractivity contribution in [3.63, 3.8) is 0 Å². The quantitative estimate of drug-likeness (QED) is 0.574. The number of hydrogen-bond acceptors (Lipinski definition) is 4. The zero-order chi connectivity index (χ0) is 11.8. The van der Waals surface area contributed by atoms with Crippen molar-refractivity contribution in [1.29, 1.82) is 5.41 Å². The van der Waals surface area contributed by atoms with Gasteiger partial charge >= 0.3 is 0 Å². The molecule has 86 valence electrons. The van der Waals surface area contributed by atoms with E-state index in [2.05, 4.69) is 28.7 Å². The lowest BCUT2D eigenvalue weighted by molar-refractivity contribution is 0.418. The van der Waals surface area contributed by atoms with Crippen LogP contribution in [0.1, 0.15) is 26.0 Å². The standard InChI is InChI=1S/C11H17N5/c1-11(2)3-6-16(7-11)10-8(9(12)13)14-4-5-15-10/h4-5H,3,6-7H2,1-2H3,(H3,12,13). The average Bonchev–Trinajstić information content (AvgIpc) is 2.59. The highest BCUT2D eigenvalue weighted by Gasteiger charge is 2.31. The van der Waals surface area contributed by atoms with Crippen LogP contribution in [0.5, 0.6) is 0 Å². The summed E-state index contributed by atoms with van der Waals surface area (Å²) < 4.78 is 0. The van der Waals surface area contributed by atoms with Gasteiger partial charge < -0.3 is 10.6 Å². The lowest BCUT2D eigenvalue weighted by Crippen LogP contribution is -2.27. The lowest BCUT2D eigenvalue weighted by atomic mass is 9.93. The summed E-state index contributed by atoms with van der Waals surface area (Å²) in [4.78, 5) is 10.6. The van der Waals surface area contributed by atoms with E-state index in [0.717, 1.165) is 25.3 Å². The molecule has 0 atom stereocenters. The smallest absolute Gasteiger partial charge is 0.158 e. The number of amidine groups is 1. The first-order chi connectivity index (χ1) is 7.49. The van der Waals surface area contributed by atoms with Gasteiger partial charge in [0.25, 0.3) is 0 Å². The van der Waals surface area contributed by atoms with Crippen LogP contribution in [0.4, 0.5) is 5.82 Å². The highest BCUT2D eigenvalue weighted by molar-refractivity contribution is 5.97. The monoisotopic (exact) mass is 219 g/mol. The predicted molar refractivity (Wildman–Crippen MR) is 63.7 cm³/mol. The van der Waals surface area contributed by atoms with Gasteiger partial charge in [0.15, 0.2) is 5.82 Å². The van der Waals surface area contributed by atoms with E-state index in [-0.39, 0.29) is 5.84 Å². The zero-order valence-corrected chi connectivity index (χ0v) is 9.70.